The minimum Gasteiger partial charge on any atom is -0.302 e. The molecule has 4 rings (SSSR count). The monoisotopic (exact) mass is 380 g/mol. The van der Waals surface area contributed by atoms with Crippen LogP contribution in [0, 0.1) is 11.6 Å². The fourth-order valence-electron chi connectivity index (χ4n) is 2.90. The summed E-state index contributed by atoms with van der Waals surface area (Å²) in [6.07, 6.45) is 0.224. The third-order valence-corrected chi connectivity index (χ3v) is 4.95. The zero-order valence-corrected chi connectivity index (χ0v) is 14.9. The Morgan fingerprint density at radius 1 is 1.00 bits per heavy atom. The summed E-state index contributed by atoms with van der Waals surface area (Å²) in [7, 11) is 0. The number of amides is 1. The Labute approximate surface area is 158 Å². The van der Waals surface area contributed by atoms with E-state index < -0.39 is 11.6 Å². The van der Waals surface area contributed by atoms with Gasteiger partial charge in [-0.25, -0.2) is 13.8 Å². The number of thiazole rings is 1. The summed E-state index contributed by atoms with van der Waals surface area (Å²) in [5.41, 5.74) is 1.88. The Morgan fingerprint density at radius 3 is 2.67 bits per heavy atom. The van der Waals surface area contributed by atoms with Crippen molar-refractivity contribution in [1.29, 1.82) is 0 Å². The number of hydrogen-bond donors (Lipinski definition) is 1. The van der Waals surface area contributed by atoms with Crippen molar-refractivity contribution in [1.82, 2.24) is 4.98 Å². The molecule has 0 bridgehead atoms. The summed E-state index contributed by atoms with van der Waals surface area (Å²) in [5, 5.41) is 7.00. The van der Waals surface area contributed by atoms with E-state index in [1.165, 1.54) is 17.4 Å². The number of nitrogens with zero attached hydrogens (tertiary/aromatic N) is 1. The molecule has 0 saturated heterocycles. The largest absolute Gasteiger partial charge is 0.302 e. The van der Waals surface area contributed by atoms with Gasteiger partial charge in [0, 0.05) is 10.9 Å². The quantitative estimate of drug-likeness (QED) is 0.513. The van der Waals surface area contributed by atoms with Crippen molar-refractivity contribution < 1.29 is 13.6 Å². The van der Waals surface area contributed by atoms with Crippen LogP contribution in [0.25, 0.3) is 22.0 Å². The Balaban J connectivity index is 1.50. The van der Waals surface area contributed by atoms with Crippen molar-refractivity contribution in [3.05, 3.63) is 83.2 Å². The second kappa shape index (κ2) is 7.25. The van der Waals surface area contributed by atoms with E-state index in [0.29, 0.717) is 16.4 Å². The Bertz CT molecular complexity index is 1130. The van der Waals surface area contributed by atoms with Gasteiger partial charge in [-0.15, -0.1) is 11.3 Å². The van der Waals surface area contributed by atoms with Crippen LogP contribution in [0.15, 0.2) is 66.0 Å². The van der Waals surface area contributed by atoms with Gasteiger partial charge >= 0.3 is 0 Å². The maximum Gasteiger partial charge on any atom is 0.230 e. The Morgan fingerprint density at radius 2 is 1.81 bits per heavy atom. The van der Waals surface area contributed by atoms with Crippen molar-refractivity contribution in [3.8, 4) is 11.3 Å². The zero-order chi connectivity index (χ0) is 18.8. The minimum absolute atomic E-state index is 0.183. The highest BCUT2D eigenvalue weighted by Gasteiger charge is 2.12. The maximum atomic E-state index is 13.4. The van der Waals surface area contributed by atoms with E-state index in [0.717, 1.165) is 28.5 Å². The van der Waals surface area contributed by atoms with Crippen LogP contribution >= 0.6 is 11.3 Å². The van der Waals surface area contributed by atoms with Crippen LogP contribution in [0.5, 0.6) is 0 Å². The van der Waals surface area contributed by atoms with Crippen molar-refractivity contribution in [2.45, 2.75) is 6.42 Å². The molecule has 0 aliphatic rings. The number of hydrogen-bond acceptors (Lipinski definition) is 3. The lowest BCUT2D eigenvalue weighted by atomic mass is 10.0. The number of fused-ring (bicyclic) bond motifs is 1. The first-order valence-electron chi connectivity index (χ1n) is 8.27. The minimum atomic E-state index is -0.929. The third-order valence-electron chi connectivity index (χ3n) is 4.20. The van der Waals surface area contributed by atoms with Gasteiger partial charge in [0.2, 0.25) is 5.91 Å². The number of nitrogens with one attached hydrogen (secondary N) is 1. The molecule has 0 aliphatic carbocycles. The van der Waals surface area contributed by atoms with E-state index in [1.54, 1.807) is 5.38 Å². The molecular weight excluding hydrogens is 366 g/mol. The van der Waals surface area contributed by atoms with Crippen molar-refractivity contribution >= 4 is 33.1 Å². The van der Waals surface area contributed by atoms with Crippen molar-refractivity contribution in [2.75, 3.05) is 5.32 Å². The number of carbonyl (C=O) groups is 1. The molecule has 0 aliphatic heterocycles. The smallest absolute Gasteiger partial charge is 0.230 e. The number of benzene rings is 3. The number of carbonyl (C=O) groups excluding carboxylic acids is 1. The molecule has 6 heteroatoms. The molecule has 134 valence electrons. The molecule has 0 radical (unpaired) electrons. The Kier molecular flexibility index (Phi) is 4.64. The molecule has 0 fully saturated rings. The summed E-state index contributed by atoms with van der Waals surface area (Å²) >= 11 is 1.24. The highest BCUT2D eigenvalue weighted by molar-refractivity contribution is 7.14. The molecule has 1 amide bonds. The van der Waals surface area contributed by atoms with Gasteiger partial charge in [0.25, 0.3) is 0 Å². The molecular formula is C21H14F2N2OS. The molecule has 27 heavy (non-hydrogen) atoms. The first-order valence-corrected chi connectivity index (χ1v) is 9.15. The van der Waals surface area contributed by atoms with Crippen LogP contribution in [0.2, 0.25) is 0 Å². The summed E-state index contributed by atoms with van der Waals surface area (Å²) in [4.78, 5) is 16.7. The van der Waals surface area contributed by atoms with Gasteiger partial charge in [-0.05, 0) is 34.5 Å². The lowest BCUT2D eigenvalue weighted by Crippen LogP contribution is -2.14. The second-order valence-electron chi connectivity index (χ2n) is 6.03. The summed E-state index contributed by atoms with van der Waals surface area (Å²) in [5.74, 6) is -2.02. The molecule has 4 aromatic rings. The van der Waals surface area contributed by atoms with Crippen molar-refractivity contribution in [2.24, 2.45) is 0 Å². The molecule has 1 N–H and O–H groups in total. The number of halogens is 2. The SMILES string of the molecule is O=C(Cc1cccc2ccccc12)Nc1nc(-c2ccc(F)c(F)c2)cs1. The van der Waals surface area contributed by atoms with Gasteiger partial charge in [0.15, 0.2) is 16.8 Å². The fraction of sp³-hybridized carbons (Fsp3) is 0.0476. The lowest BCUT2D eigenvalue weighted by molar-refractivity contribution is -0.115. The molecule has 3 nitrogen and oxygen atoms in total. The second-order valence-corrected chi connectivity index (χ2v) is 6.89. The molecule has 3 aromatic carbocycles. The van der Waals surface area contributed by atoms with Crippen LogP contribution in [0.4, 0.5) is 13.9 Å². The van der Waals surface area contributed by atoms with Crippen LogP contribution in [-0.2, 0) is 11.2 Å². The average molecular weight is 380 g/mol. The molecule has 0 unspecified atom stereocenters. The third kappa shape index (κ3) is 3.71. The molecule has 1 aromatic heterocycles. The van der Waals surface area contributed by atoms with Gasteiger partial charge in [0.05, 0.1) is 12.1 Å². The first kappa shape index (κ1) is 17.3. The molecule has 0 saturated carbocycles. The molecule has 0 atom stereocenters. The lowest BCUT2D eigenvalue weighted by Gasteiger charge is -2.06. The van der Waals surface area contributed by atoms with Gasteiger partial charge in [-0.2, -0.15) is 0 Å². The first-order chi connectivity index (χ1) is 13.1. The number of anilines is 1. The van der Waals surface area contributed by atoms with Crippen LogP contribution in [0.1, 0.15) is 5.56 Å². The maximum absolute atomic E-state index is 13.4. The van der Waals surface area contributed by atoms with Gasteiger partial charge in [0.1, 0.15) is 0 Å². The van der Waals surface area contributed by atoms with Gasteiger partial charge in [-0.3, -0.25) is 4.79 Å². The molecule has 0 spiro atoms. The number of aromatic nitrogens is 1. The van der Waals surface area contributed by atoms with Gasteiger partial charge in [-0.1, -0.05) is 42.5 Å². The van der Waals surface area contributed by atoms with E-state index in [-0.39, 0.29) is 12.3 Å². The average Bonchev–Trinajstić information content (AvgIpc) is 3.12. The molecule has 1 heterocycles. The van der Waals surface area contributed by atoms with E-state index in [2.05, 4.69) is 10.3 Å². The number of rotatable bonds is 4. The highest BCUT2D eigenvalue weighted by Crippen LogP contribution is 2.26. The normalized spacial score (nSPS) is 10.9. The summed E-state index contributed by atoms with van der Waals surface area (Å²) in [6.45, 7) is 0. The van der Waals surface area contributed by atoms with Crippen LogP contribution in [-0.4, -0.2) is 10.9 Å². The Hall–Kier alpha value is -3.12. The van der Waals surface area contributed by atoms with E-state index in [4.69, 9.17) is 0 Å². The van der Waals surface area contributed by atoms with Crippen LogP contribution < -0.4 is 5.32 Å². The topological polar surface area (TPSA) is 42.0 Å². The van der Waals surface area contributed by atoms with Crippen LogP contribution in [0.3, 0.4) is 0 Å². The standard InChI is InChI=1S/C21H14F2N2OS/c22-17-9-8-15(10-18(17)23)19-12-27-21(24-19)25-20(26)11-14-6-3-5-13-4-1-2-7-16(13)14/h1-10,12H,11H2,(H,24,25,26). The summed E-state index contributed by atoms with van der Waals surface area (Å²) in [6, 6.07) is 17.4. The predicted molar refractivity (Wildman–Crippen MR) is 104 cm³/mol. The van der Waals surface area contributed by atoms with Crippen molar-refractivity contribution in [3.63, 3.8) is 0 Å². The highest BCUT2D eigenvalue weighted by atomic mass is 32.1. The van der Waals surface area contributed by atoms with Gasteiger partial charge < -0.3 is 5.32 Å². The predicted octanol–water partition coefficient (Wildman–Crippen LogP) is 5.42. The zero-order valence-electron chi connectivity index (χ0n) is 14.1. The van der Waals surface area contributed by atoms with E-state index in [9.17, 15) is 13.6 Å². The van der Waals surface area contributed by atoms with E-state index in [1.807, 2.05) is 42.5 Å². The summed E-state index contributed by atoms with van der Waals surface area (Å²) < 4.78 is 26.4. The fourth-order valence-corrected chi connectivity index (χ4v) is 3.64. The van der Waals surface area contributed by atoms with E-state index >= 15 is 0 Å².